The number of nitro groups is 1. The summed E-state index contributed by atoms with van der Waals surface area (Å²) in [6.07, 6.45) is 4.64. The molecule has 1 fully saturated rings. The molecule has 1 aliphatic heterocycles. The fourth-order valence-electron chi connectivity index (χ4n) is 2.18. The van der Waals surface area contributed by atoms with Gasteiger partial charge in [-0.3, -0.25) is 4.79 Å². The fourth-order valence-corrected chi connectivity index (χ4v) is 2.18. The monoisotopic (exact) mass is 291 g/mol. The first-order valence-electron chi connectivity index (χ1n) is 6.32. The van der Waals surface area contributed by atoms with Gasteiger partial charge in [0.2, 0.25) is 5.82 Å². The fraction of sp³-hybridized carbons (Fsp3) is 0.385. The first kappa shape index (κ1) is 14.8. The van der Waals surface area contributed by atoms with E-state index in [0.717, 1.165) is 5.57 Å². The van der Waals surface area contributed by atoms with Crippen molar-refractivity contribution in [3.8, 4) is 0 Å². The van der Waals surface area contributed by atoms with Crippen LogP contribution < -0.4 is 0 Å². The molecule has 112 valence electrons. The minimum absolute atomic E-state index is 0.112. The molecular formula is C13H17N5O3. The lowest BCUT2D eigenvalue weighted by molar-refractivity contribution is -0.391. The number of likely N-dealkylation sites (tertiary alicyclic amines) is 1. The highest BCUT2D eigenvalue weighted by molar-refractivity contribution is 6.04. The molecule has 0 N–H and O–H groups in total. The smallest absolute Gasteiger partial charge is 0.342 e. The van der Waals surface area contributed by atoms with Crippen molar-refractivity contribution in [3.05, 3.63) is 39.5 Å². The van der Waals surface area contributed by atoms with Crippen LogP contribution in [0.25, 0.3) is 6.08 Å². The Morgan fingerprint density at radius 1 is 1.43 bits per heavy atom. The van der Waals surface area contributed by atoms with Crippen LogP contribution in [0, 0.1) is 10.1 Å². The lowest BCUT2D eigenvalue weighted by atomic mass is 10.1. The van der Waals surface area contributed by atoms with Crippen LogP contribution >= 0.6 is 0 Å². The maximum absolute atomic E-state index is 12.2. The molecule has 8 heteroatoms. The number of amides is 1. The lowest BCUT2D eigenvalue weighted by Crippen LogP contribution is -2.19. The molecule has 21 heavy (non-hydrogen) atoms. The molecule has 1 saturated heterocycles. The Labute approximate surface area is 122 Å². The summed E-state index contributed by atoms with van der Waals surface area (Å²) < 4.78 is 1.35. The van der Waals surface area contributed by atoms with Gasteiger partial charge >= 0.3 is 5.82 Å². The third-order valence-electron chi connectivity index (χ3n) is 3.20. The first-order chi connectivity index (χ1) is 9.81. The van der Waals surface area contributed by atoms with Crippen molar-refractivity contribution in [2.45, 2.75) is 0 Å². The molecule has 0 aliphatic carbocycles. The first-order valence-corrected chi connectivity index (χ1v) is 6.32. The predicted molar refractivity (Wildman–Crippen MR) is 77.2 cm³/mol. The molecule has 0 aromatic carbocycles. The van der Waals surface area contributed by atoms with Crippen LogP contribution in [-0.4, -0.2) is 57.9 Å². The molecule has 0 radical (unpaired) electrons. The van der Waals surface area contributed by atoms with Crippen molar-refractivity contribution in [3.63, 3.8) is 0 Å². The number of hydrogen-bond acceptors (Lipinski definition) is 5. The van der Waals surface area contributed by atoms with E-state index in [4.69, 9.17) is 0 Å². The summed E-state index contributed by atoms with van der Waals surface area (Å²) in [5.74, 6) is 0.151. The van der Waals surface area contributed by atoms with E-state index in [-0.39, 0.29) is 11.7 Å². The Morgan fingerprint density at radius 3 is 2.62 bits per heavy atom. The van der Waals surface area contributed by atoms with Crippen LogP contribution in [-0.2, 0) is 11.8 Å². The summed E-state index contributed by atoms with van der Waals surface area (Å²) in [7, 11) is 7.02. The SMILES string of the molecule is CN(C)/C=C1/CN(C)C(=O)/C1=C/c1ncc([N+](=O)[O-])n1C. The zero-order chi connectivity index (χ0) is 15.7. The Kier molecular flexibility index (Phi) is 3.79. The highest BCUT2D eigenvalue weighted by atomic mass is 16.6. The molecule has 0 spiro atoms. The van der Waals surface area contributed by atoms with Crippen molar-refractivity contribution in [2.24, 2.45) is 7.05 Å². The van der Waals surface area contributed by atoms with Gasteiger partial charge in [0.1, 0.15) is 6.20 Å². The third kappa shape index (κ3) is 2.78. The summed E-state index contributed by atoms with van der Waals surface area (Å²) >= 11 is 0. The van der Waals surface area contributed by atoms with Crippen molar-refractivity contribution in [1.29, 1.82) is 0 Å². The maximum Gasteiger partial charge on any atom is 0.342 e. The molecule has 1 aromatic heterocycles. The van der Waals surface area contributed by atoms with Crippen molar-refractivity contribution in [2.75, 3.05) is 27.7 Å². The van der Waals surface area contributed by atoms with Gasteiger partial charge in [-0.15, -0.1) is 0 Å². The molecule has 0 unspecified atom stereocenters. The number of rotatable bonds is 3. The van der Waals surface area contributed by atoms with Crippen LogP contribution in [0.5, 0.6) is 0 Å². The standard InChI is InChI=1S/C13H17N5O3/c1-15(2)7-9-8-16(3)13(19)10(9)5-11-14-6-12(17(11)4)18(20)21/h5-7H,8H2,1-4H3/b9-7-,10-5+. The number of carbonyl (C=O) groups excluding carboxylic acids is 1. The second kappa shape index (κ2) is 5.39. The van der Waals surface area contributed by atoms with Crippen molar-refractivity contribution in [1.82, 2.24) is 19.4 Å². The molecule has 2 heterocycles. The molecule has 2 rings (SSSR count). The average Bonchev–Trinajstić information content (AvgIpc) is 2.85. The van der Waals surface area contributed by atoms with Crippen molar-refractivity contribution >= 4 is 17.8 Å². The van der Waals surface area contributed by atoms with Crippen LogP contribution in [0.15, 0.2) is 23.5 Å². The molecule has 0 bridgehead atoms. The van der Waals surface area contributed by atoms with Gasteiger partial charge in [-0.1, -0.05) is 0 Å². The van der Waals surface area contributed by atoms with Crippen LogP contribution in [0.3, 0.4) is 0 Å². The number of nitrogens with zero attached hydrogens (tertiary/aromatic N) is 5. The van der Waals surface area contributed by atoms with E-state index in [1.54, 1.807) is 25.1 Å². The number of likely N-dealkylation sites (N-methyl/N-ethyl adjacent to an activating group) is 1. The van der Waals surface area contributed by atoms with E-state index in [1.165, 1.54) is 10.8 Å². The van der Waals surface area contributed by atoms with Crippen LogP contribution in [0.2, 0.25) is 0 Å². The second-order valence-electron chi connectivity index (χ2n) is 5.13. The Hall–Kier alpha value is -2.64. The Balaban J connectivity index is 2.47. The van der Waals surface area contributed by atoms with Gasteiger partial charge in [0.25, 0.3) is 5.91 Å². The predicted octanol–water partition coefficient (Wildman–Crippen LogP) is 0.629. The summed E-state index contributed by atoms with van der Waals surface area (Å²) in [6.45, 7) is 0.509. The van der Waals surface area contributed by atoms with E-state index in [9.17, 15) is 14.9 Å². The maximum atomic E-state index is 12.2. The molecule has 1 aliphatic rings. The summed E-state index contributed by atoms with van der Waals surface area (Å²) in [6, 6.07) is 0. The van der Waals surface area contributed by atoms with E-state index in [1.807, 2.05) is 25.2 Å². The normalized spacial score (nSPS) is 18.9. The van der Waals surface area contributed by atoms with Crippen molar-refractivity contribution < 1.29 is 9.72 Å². The van der Waals surface area contributed by atoms with Gasteiger partial charge in [-0.05, 0) is 4.92 Å². The van der Waals surface area contributed by atoms with Gasteiger partial charge in [0.15, 0.2) is 0 Å². The molecular weight excluding hydrogens is 274 g/mol. The zero-order valence-electron chi connectivity index (χ0n) is 12.4. The molecule has 1 aromatic rings. The molecule has 0 saturated carbocycles. The molecule has 0 atom stereocenters. The number of hydrogen-bond donors (Lipinski definition) is 0. The quantitative estimate of drug-likeness (QED) is 0.463. The second-order valence-corrected chi connectivity index (χ2v) is 5.13. The third-order valence-corrected chi connectivity index (χ3v) is 3.20. The van der Waals surface area contributed by atoms with E-state index >= 15 is 0 Å². The Morgan fingerprint density at radius 2 is 2.10 bits per heavy atom. The summed E-state index contributed by atoms with van der Waals surface area (Å²) in [5, 5.41) is 10.8. The van der Waals surface area contributed by atoms with Gasteiger partial charge in [-0.2, -0.15) is 0 Å². The van der Waals surface area contributed by atoms with Crippen LogP contribution in [0.4, 0.5) is 5.82 Å². The number of aromatic nitrogens is 2. The topological polar surface area (TPSA) is 84.5 Å². The highest BCUT2D eigenvalue weighted by Gasteiger charge is 2.29. The van der Waals surface area contributed by atoms with Gasteiger partial charge in [0, 0.05) is 45.5 Å². The zero-order valence-corrected chi connectivity index (χ0v) is 12.4. The van der Waals surface area contributed by atoms with Crippen LogP contribution in [0.1, 0.15) is 5.82 Å². The summed E-state index contributed by atoms with van der Waals surface area (Å²) in [5.41, 5.74) is 1.37. The highest BCUT2D eigenvalue weighted by Crippen LogP contribution is 2.25. The van der Waals surface area contributed by atoms with E-state index in [2.05, 4.69) is 4.98 Å². The molecule has 1 amide bonds. The lowest BCUT2D eigenvalue weighted by Gasteiger charge is -2.07. The van der Waals surface area contributed by atoms with Gasteiger partial charge < -0.3 is 19.9 Å². The summed E-state index contributed by atoms with van der Waals surface area (Å²) in [4.78, 5) is 30.0. The van der Waals surface area contributed by atoms with E-state index < -0.39 is 4.92 Å². The van der Waals surface area contributed by atoms with E-state index in [0.29, 0.717) is 17.9 Å². The minimum atomic E-state index is -0.506. The number of imidazole rings is 1. The minimum Gasteiger partial charge on any atom is -0.383 e. The largest absolute Gasteiger partial charge is 0.383 e. The average molecular weight is 291 g/mol. The van der Waals surface area contributed by atoms with Gasteiger partial charge in [-0.25, -0.2) is 9.55 Å². The molecule has 8 nitrogen and oxygen atoms in total. The Bertz CT molecular complexity index is 657. The van der Waals surface area contributed by atoms with Gasteiger partial charge in [0.05, 0.1) is 12.6 Å². The number of carbonyl (C=O) groups is 1.